The molecule has 1 atom stereocenters. The van der Waals surface area contributed by atoms with Gasteiger partial charge in [-0.3, -0.25) is 9.88 Å². The van der Waals surface area contributed by atoms with Crippen LogP contribution in [0, 0.1) is 12.8 Å². The summed E-state index contributed by atoms with van der Waals surface area (Å²) in [6, 6.07) is 4.79. The molecule has 0 spiro atoms. The number of nitrogens with zero attached hydrogens (tertiary/aromatic N) is 2. The van der Waals surface area contributed by atoms with Crippen molar-refractivity contribution in [1.82, 2.24) is 15.2 Å². The van der Waals surface area contributed by atoms with E-state index in [1.807, 2.05) is 12.3 Å². The molecule has 2 heterocycles. The van der Waals surface area contributed by atoms with Gasteiger partial charge in [0.1, 0.15) is 0 Å². The smallest absolute Gasteiger partial charge is 0.0573 e. The Morgan fingerprint density at radius 2 is 2.35 bits per heavy atom. The molecular weight excluding hydrogens is 210 g/mol. The third-order valence-electron chi connectivity index (χ3n) is 3.64. The van der Waals surface area contributed by atoms with Gasteiger partial charge >= 0.3 is 0 Å². The fourth-order valence-corrected chi connectivity index (χ4v) is 2.50. The van der Waals surface area contributed by atoms with Crippen molar-refractivity contribution in [2.75, 3.05) is 19.6 Å². The summed E-state index contributed by atoms with van der Waals surface area (Å²) in [6.45, 7) is 11.1. The minimum atomic E-state index is 0.630. The van der Waals surface area contributed by atoms with Crippen molar-refractivity contribution in [3.8, 4) is 0 Å². The Balaban J connectivity index is 2.08. The van der Waals surface area contributed by atoms with Crippen molar-refractivity contribution in [2.24, 2.45) is 5.92 Å². The highest BCUT2D eigenvalue weighted by Gasteiger charge is 2.25. The summed E-state index contributed by atoms with van der Waals surface area (Å²) in [4.78, 5) is 7.07. The highest BCUT2D eigenvalue weighted by Crippen LogP contribution is 2.16. The molecule has 1 unspecified atom stereocenters. The number of piperazine rings is 1. The number of hydrogen-bond donors (Lipinski definition) is 1. The minimum absolute atomic E-state index is 0.630. The average Bonchev–Trinajstić information content (AvgIpc) is 2.32. The molecule has 1 saturated heterocycles. The topological polar surface area (TPSA) is 28.2 Å². The molecule has 1 N–H and O–H groups in total. The number of nitrogens with one attached hydrogen (secondary N) is 1. The zero-order valence-corrected chi connectivity index (χ0v) is 11.1. The fraction of sp³-hybridized carbons (Fsp3) is 0.643. The summed E-state index contributed by atoms with van der Waals surface area (Å²) >= 11 is 0. The first-order valence-electron chi connectivity index (χ1n) is 6.53. The van der Waals surface area contributed by atoms with Crippen LogP contribution in [0.3, 0.4) is 0 Å². The fourth-order valence-electron chi connectivity index (χ4n) is 2.50. The van der Waals surface area contributed by atoms with Gasteiger partial charge in [0.2, 0.25) is 0 Å². The van der Waals surface area contributed by atoms with Crippen LogP contribution in [0.4, 0.5) is 0 Å². The molecule has 2 rings (SSSR count). The summed E-state index contributed by atoms with van der Waals surface area (Å²) in [5.74, 6) is 0.687. The van der Waals surface area contributed by atoms with Crippen LogP contribution in [0.5, 0.6) is 0 Å². The summed E-state index contributed by atoms with van der Waals surface area (Å²) in [5.41, 5.74) is 2.52. The molecule has 0 aliphatic carbocycles. The molecule has 1 aliphatic rings. The summed E-state index contributed by atoms with van der Waals surface area (Å²) < 4.78 is 0. The Morgan fingerprint density at radius 3 is 3.06 bits per heavy atom. The number of aryl methyl sites for hydroxylation is 1. The number of rotatable bonds is 3. The van der Waals surface area contributed by atoms with Crippen LogP contribution in [0.15, 0.2) is 18.3 Å². The molecule has 0 saturated carbocycles. The van der Waals surface area contributed by atoms with Gasteiger partial charge in [0, 0.05) is 38.4 Å². The minimum Gasteiger partial charge on any atom is -0.314 e. The molecule has 3 heteroatoms. The van der Waals surface area contributed by atoms with Crippen molar-refractivity contribution in [3.63, 3.8) is 0 Å². The van der Waals surface area contributed by atoms with Crippen molar-refractivity contribution in [3.05, 3.63) is 29.6 Å². The van der Waals surface area contributed by atoms with Crippen LogP contribution in [-0.2, 0) is 6.54 Å². The Morgan fingerprint density at radius 1 is 1.53 bits per heavy atom. The van der Waals surface area contributed by atoms with E-state index in [-0.39, 0.29) is 0 Å². The normalized spacial score (nSPS) is 22.0. The number of hydrogen-bond acceptors (Lipinski definition) is 3. The molecule has 0 radical (unpaired) electrons. The zero-order chi connectivity index (χ0) is 12.3. The first-order chi connectivity index (χ1) is 8.18. The van der Waals surface area contributed by atoms with Crippen LogP contribution in [0.2, 0.25) is 0 Å². The lowest BCUT2D eigenvalue weighted by molar-refractivity contribution is 0.115. The van der Waals surface area contributed by atoms with Gasteiger partial charge in [-0.15, -0.1) is 0 Å². The molecule has 94 valence electrons. The molecular formula is C14H23N3. The Labute approximate surface area is 104 Å². The third-order valence-corrected chi connectivity index (χ3v) is 3.64. The van der Waals surface area contributed by atoms with E-state index in [0.29, 0.717) is 12.0 Å². The summed E-state index contributed by atoms with van der Waals surface area (Å²) in [6.07, 6.45) is 1.90. The predicted molar refractivity (Wildman–Crippen MR) is 70.9 cm³/mol. The lowest BCUT2D eigenvalue weighted by Crippen LogP contribution is -2.53. The second-order valence-electron chi connectivity index (χ2n) is 5.25. The van der Waals surface area contributed by atoms with Crippen molar-refractivity contribution < 1.29 is 0 Å². The highest BCUT2D eigenvalue weighted by molar-refractivity contribution is 5.17. The summed E-state index contributed by atoms with van der Waals surface area (Å²) in [7, 11) is 0. The lowest BCUT2D eigenvalue weighted by Gasteiger charge is -2.38. The second kappa shape index (κ2) is 5.61. The van der Waals surface area contributed by atoms with Crippen LogP contribution in [0.1, 0.15) is 25.1 Å². The van der Waals surface area contributed by atoms with Crippen molar-refractivity contribution >= 4 is 0 Å². The molecule has 17 heavy (non-hydrogen) atoms. The highest BCUT2D eigenvalue weighted by atomic mass is 15.2. The van der Waals surface area contributed by atoms with E-state index >= 15 is 0 Å². The Bertz CT molecular complexity index is 362. The largest absolute Gasteiger partial charge is 0.314 e. The number of aromatic nitrogens is 1. The molecule has 1 aromatic rings. The maximum atomic E-state index is 4.50. The van der Waals surface area contributed by atoms with E-state index in [1.165, 1.54) is 11.3 Å². The van der Waals surface area contributed by atoms with Gasteiger partial charge in [-0.05, 0) is 24.5 Å². The number of pyridine rings is 1. The van der Waals surface area contributed by atoms with E-state index in [2.05, 4.69) is 42.0 Å². The maximum absolute atomic E-state index is 4.50. The van der Waals surface area contributed by atoms with E-state index in [4.69, 9.17) is 0 Å². The maximum Gasteiger partial charge on any atom is 0.0573 e. The standard InChI is InChI=1S/C14H23N3/c1-11(2)14-9-15-7-8-17(14)10-13-12(3)5-4-6-16-13/h4-6,11,14-15H,7-10H2,1-3H3. The molecule has 0 bridgehead atoms. The lowest BCUT2D eigenvalue weighted by atomic mass is 10.00. The van der Waals surface area contributed by atoms with Crippen LogP contribution < -0.4 is 5.32 Å². The molecule has 3 nitrogen and oxygen atoms in total. The van der Waals surface area contributed by atoms with E-state index < -0.39 is 0 Å². The third kappa shape index (κ3) is 3.05. The second-order valence-corrected chi connectivity index (χ2v) is 5.25. The average molecular weight is 233 g/mol. The monoisotopic (exact) mass is 233 g/mol. The Hall–Kier alpha value is -0.930. The molecule has 1 fully saturated rings. The van der Waals surface area contributed by atoms with E-state index in [9.17, 15) is 0 Å². The SMILES string of the molecule is Cc1cccnc1CN1CCNCC1C(C)C. The first kappa shape index (κ1) is 12.5. The van der Waals surface area contributed by atoms with Crippen molar-refractivity contribution in [1.29, 1.82) is 0 Å². The van der Waals surface area contributed by atoms with Crippen molar-refractivity contribution in [2.45, 2.75) is 33.4 Å². The molecule has 0 aromatic carbocycles. The van der Waals surface area contributed by atoms with Gasteiger partial charge in [-0.25, -0.2) is 0 Å². The van der Waals surface area contributed by atoms with Gasteiger partial charge in [-0.1, -0.05) is 19.9 Å². The molecule has 1 aliphatic heterocycles. The van der Waals surface area contributed by atoms with Crippen LogP contribution in [0.25, 0.3) is 0 Å². The zero-order valence-electron chi connectivity index (χ0n) is 11.1. The van der Waals surface area contributed by atoms with E-state index in [0.717, 1.165) is 26.2 Å². The van der Waals surface area contributed by atoms with Crippen LogP contribution >= 0.6 is 0 Å². The molecule has 1 aromatic heterocycles. The van der Waals surface area contributed by atoms with Gasteiger partial charge < -0.3 is 5.32 Å². The quantitative estimate of drug-likeness (QED) is 0.863. The van der Waals surface area contributed by atoms with Gasteiger partial charge in [0.05, 0.1) is 5.69 Å². The Kier molecular flexibility index (Phi) is 4.13. The predicted octanol–water partition coefficient (Wildman–Crippen LogP) is 1.82. The van der Waals surface area contributed by atoms with E-state index in [1.54, 1.807) is 0 Å². The van der Waals surface area contributed by atoms with Crippen LogP contribution in [-0.4, -0.2) is 35.6 Å². The van der Waals surface area contributed by atoms with Gasteiger partial charge in [0.25, 0.3) is 0 Å². The van der Waals surface area contributed by atoms with Gasteiger partial charge in [0.15, 0.2) is 0 Å². The first-order valence-corrected chi connectivity index (χ1v) is 6.53. The van der Waals surface area contributed by atoms with Gasteiger partial charge in [-0.2, -0.15) is 0 Å². The molecule has 0 amide bonds. The summed E-state index contributed by atoms with van der Waals surface area (Å²) in [5, 5.41) is 3.48.